The van der Waals surface area contributed by atoms with E-state index in [-0.39, 0.29) is 0 Å². The maximum Gasteiger partial charge on any atom is 0.134 e. The second-order valence-electron chi connectivity index (χ2n) is 3.75. The molecular weight excluding hydrogens is 216 g/mol. The zero-order chi connectivity index (χ0) is 12.1. The predicted molar refractivity (Wildman–Crippen MR) is 67.0 cm³/mol. The van der Waals surface area contributed by atoms with Crippen LogP contribution in [0.4, 0.5) is 11.4 Å². The van der Waals surface area contributed by atoms with E-state index in [1.165, 1.54) is 0 Å². The minimum Gasteiger partial charge on any atom is -0.387 e. The Balaban J connectivity index is 1.87. The van der Waals surface area contributed by atoms with Crippen molar-refractivity contribution < 1.29 is 0 Å². The molecule has 17 heavy (non-hydrogen) atoms. The van der Waals surface area contributed by atoms with Crippen LogP contribution in [0, 0.1) is 0 Å². The molecule has 0 saturated carbocycles. The lowest BCUT2D eigenvalue weighted by Gasteiger charge is -2.07. The SMILES string of the molecule is CNc1cncc(NCCc2nncn2C)c1. The zero-order valence-electron chi connectivity index (χ0n) is 10.0. The van der Waals surface area contributed by atoms with Gasteiger partial charge in [0.2, 0.25) is 0 Å². The molecule has 0 aliphatic rings. The van der Waals surface area contributed by atoms with Crippen molar-refractivity contribution in [1.82, 2.24) is 19.7 Å². The molecule has 2 aromatic rings. The molecule has 90 valence electrons. The van der Waals surface area contributed by atoms with Crippen molar-refractivity contribution >= 4 is 11.4 Å². The molecule has 0 saturated heterocycles. The average Bonchev–Trinajstić information content (AvgIpc) is 2.76. The number of aryl methyl sites for hydroxylation is 1. The van der Waals surface area contributed by atoms with Gasteiger partial charge in [-0.15, -0.1) is 10.2 Å². The zero-order valence-corrected chi connectivity index (χ0v) is 10.0. The van der Waals surface area contributed by atoms with Crippen LogP contribution in [0.15, 0.2) is 24.8 Å². The average molecular weight is 232 g/mol. The highest BCUT2D eigenvalue weighted by atomic mass is 15.2. The fraction of sp³-hybridized carbons (Fsp3) is 0.364. The van der Waals surface area contributed by atoms with Gasteiger partial charge in [-0.2, -0.15) is 0 Å². The molecule has 0 spiro atoms. The lowest BCUT2D eigenvalue weighted by molar-refractivity contribution is 0.788. The third kappa shape index (κ3) is 2.93. The molecule has 0 aromatic carbocycles. The Labute approximate surface area is 100 Å². The number of nitrogens with one attached hydrogen (secondary N) is 2. The van der Waals surface area contributed by atoms with Crippen LogP contribution in [0.2, 0.25) is 0 Å². The molecule has 0 unspecified atom stereocenters. The van der Waals surface area contributed by atoms with Crippen molar-refractivity contribution in [3.63, 3.8) is 0 Å². The van der Waals surface area contributed by atoms with E-state index in [0.29, 0.717) is 0 Å². The van der Waals surface area contributed by atoms with E-state index >= 15 is 0 Å². The summed E-state index contributed by atoms with van der Waals surface area (Å²) in [5.74, 6) is 0.968. The Morgan fingerprint density at radius 1 is 1.29 bits per heavy atom. The molecule has 0 fully saturated rings. The Hall–Kier alpha value is -2.11. The quantitative estimate of drug-likeness (QED) is 0.802. The second-order valence-corrected chi connectivity index (χ2v) is 3.75. The number of anilines is 2. The highest BCUT2D eigenvalue weighted by Gasteiger charge is 2.00. The molecule has 2 heterocycles. The number of aromatic nitrogens is 4. The van der Waals surface area contributed by atoms with Crippen LogP contribution in [0.1, 0.15) is 5.82 Å². The molecule has 0 aliphatic heterocycles. The van der Waals surface area contributed by atoms with Crippen molar-refractivity contribution in [3.05, 3.63) is 30.6 Å². The molecule has 6 nitrogen and oxygen atoms in total. The number of hydrogen-bond donors (Lipinski definition) is 2. The smallest absolute Gasteiger partial charge is 0.134 e. The van der Waals surface area contributed by atoms with Crippen molar-refractivity contribution in [1.29, 1.82) is 0 Å². The van der Waals surface area contributed by atoms with Crippen LogP contribution in [0.25, 0.3) is 0 Å². The van der Waals surface area contributed by atoms with Crippen molar-refractivity contribution in [2.24, 2.45) is 7.05 Å². The van der Waals surface area contributed by atoms with Gasteiger partial charge in [-0.25, -0.2) is 0 Å². The lowest BCUT2D eigenvalue weighted by atomic mass is 10.3. The van der Waals surface area contributed by atoms with Crippen molar-refractivity contribution in [3.8, 4) is 0 Å². The van der Waals surface area contributed by atoms with Crippen LogP contribution >= 0.6 is 0 Å². The Morgan fingerprint density at radius 2 is 2.12 bits per heavy atom. The van der Waals surface area contributed by atoms with Gasteiger partial charge in [-0.05, 0) is 6.07 Å². The van der Waals surface area contributed by atoms with Crippen molar-refractivity contribution in [2.75, 3.05) is 24.2 Å². The predicted octanol–water partition coefficient (Wildman–Crippen LogP) is 0.906. The van der Waals surface area contributed by atoms with E-state index in [0.717, 1.165) is 30.2 Å². The first-order chi connectivity index (χ1) is 8.29. The molecule has 6 heteroatoms. The maximum atomic E-state index is 4.13. The van der Waals surface area contributed by atoms with Crippen LogP contribution in [-0.4, -0.2) is 33.3 Å². The van der Waals surface area contributed by atoms with Gasteiger partial charge in [0.25, 0.3) is 0 Å². The molecule has 0 amide bonds. The second kappa shape index (κ2) is 5.29. The first kappa shape index (κ1) is 11.4. The summed E-state index contributed by atoms with van der Waals surface area (Å²) in [5.41, 5.74) is 1.99. The van der Waals surface area contributed by atoms with Crippen LogP contribution in [-0.2, 0) is 13.5 Å². The Bertz CT molecular complexity index is 478. The molecule has 2 rings (SSSR count). The molecular formula is C11H16N6. The summed E-state index contributed by atoms with van der Waals surface area (Å²) in [6, 6.07) is 2.02. The third-order valence-corrected chi connectivity index (χ3v) is 2.51. The highest BCUT2D eigenvalue weighted by Crippen LogP contribution is 2.11. The van der Waals surface area contributed by atoms with Gasteiger partial charge in [-0.1, -0.05) is 0 Å². The highest BCUT2D eigenvalue weighted by molar-refractivity contribution is 5.53. The molecule has 0 radical (unpaired) electrons. The topological polar surface area (TPSA) is 67.7 Å². The van der Waals surface area contributed by atoms with E-state index in [2.05, 4.69) is 25.8 Å². The van der Waals surface area contributed by atoms with Gasteiger partial charge in [-0.3, -0.25) is 4.98 Å². The summed E-state index contributed by atoms with van der Waals surface area (Å²) in [4.78, 5) is 4.13. The van der Waals surface area contributed by atoms with E-state index in [9.17, 15) is 0 Å². The number of pyridine rings is 1. The normalized spacial score (nSPS) is 10.2. The summed E-state index contributed by atoms with van der Waals surface area (Å²) in [6.45, 7) is 0.807. The summed E-state index contributed by atoms with van der Waals surface area (Å²) >= 11 is 0. The Kier molecular flexibility index (Phi) is 3.54. The summed E-state index contributed by atoms with van der Waals surface area (Å²) in [7, 11) is 3.82. The van der Waals surface area contributed by atoms with Gasteiger partial charge in [0.1, 0.15) is 12.2 Å². The molecule has 0 atom stereocenters. The Morgan fingerprint density at radius 3 is 2.82 bits per heavy atom. The molecule has 2 N–H and O–H groups in total. The monoisotopic (exact) mass is 232 g/mol. The van der Waals surface area contributed by atoms with Crippen LogP contribution < -0.4 is 10.6 Å². The number of nitrogens with zero attached hydrogens (tertiary/aromatic N) is 4. The first-order valence-electron chi connectivity index (χ1n) is 5.49. The van der Waals surface area contributed by atoms with Crippen molar-refractivity contribution in [2.45, 2.75) is 6.42 Å². The summed E-state index contributed by atoms with van der Waals surface area (Å²) in [5, 5.41) is 14.2. The molecule has 2 aromatic heterocycles. The van der Waals surface area contributed by atoms with E-state index < -0.39 is 0 Å². The minimum absolute atomic E-state index is 0.807. The number of rotatable bonds is 5. The van der Waals surface area contributed by atoms with Crippen LogP contribution in [0.5, 0.6) is 0 Å². The van der Waals surface area contributed by atoms with E-state index in [1.54, 1.807) is 18.7 Å². The standard InChI is InChI=1S/C11H16N6/c1-12-9-5-10(7-13-6-9)14-4-3-11-16-15-8-17(11)2/h5-8,12,14H,3-4H2,1-2H3. The van der Waals surface area contributed by atoms with Gasteiger partial charge < -0.3 is 15.2 Å². The van der Waals surface area contributed by atoms with Crippen LogP contribution in [0.3, 0.4) is 0 Å². The first-order valence-corrected chi connectivity index (χ1v) is 5.49. The summed E-state index contributed by atoms with van der Waals surface area (Å²) < 4.78 is 1.92. The van der Waals surface area contributed by atoms with E-state index in [1.807, 2.05) is 24.7 Å². The minimum atomic E-state index is 0.807. The largest absolute Gasteiger partial charge is 0.387 e. The van der Waals surface area contributed by atoms with Gasteiger partial charge in [0, 0.05) is 27.1 Å². The third-order valence-electron chi connectivity index (χ3n) is 2.51. The summed E-state index contributed by atoms with van der Waals surface area (Å²) in [6.07, 6.45) is 6.13. The fourth-order valence-corrected chi connectivity index (χ4v) is 1.53. The molecule has 0 bridgehead atoms. The molecule has 0 aliphatic carbocycles. The van der Waals surface area contributed by atoms with Gasteiger partial charge in [0.05, 0.1) is 23.8 Å². The van der Waals surface area contributed by atoms with Gasteiger partial charge in [0.15, 0.2) is 0 Å². The lowest BCUT2D eigenvalue weighted by Crippen LogP contribution is -2.09. The fourth-order valence-electron chi connectivity index (χ4n) is 1.53. The maximum absolute atomic E-state index is 4.13. The van der Waals surface area contributed by atoms with E-state index in [4.69, 9.17) is 0 Å². The van der Waals surface area contributed by atoms with Gasteiger partial charge >= 0.3 is 0 Å². The number of hydrogen-bond acceptors (Lipinski definition) is 5.